The van der Waals surface area contributed by atoms with Gasteiger partial charge in [-0.25, -0.2) is 10.3 Å². The number of hydrogen-bond donors (Lipinski definition) is 1. The zero-order valence-electron chi connectivity index (χ0n) is 14.1. The number of aromatic nitrogens is 2. The van der Waals surface area contributed by atoms with Crippen LogP contribution in [0, 0.1) is 5.41 Å². The van der Waals surface area contributed by atoms with Crippen molar-refractivity contribution in [2.45, 2.75) is 27.3 Å². The molecule has 0 amide bonds. The van der Waals surface area contributed by atoms with Crippen LogP contribution in [0.3, 0.4) is 0 Å². The van der Waals surface area contributed by atoms with Crippen LogP contribution in [0.5, 0.6) is 0 Å². The van der Waals surface area contributed by atoms with Crippen molar-refractivity contribution in [1.82, 2.24) is 9.55 Å². The number of pyridine rings is 1. The van der Waals surface area contributed by atoms with E-state index in [1.165, 1.54) is 0 Å². The van der Waals surface area contributed by atoms with Gasteiger partial charge in [-0.2, -0.15) is 0 Å². The molecule has 24 heavy (non-hydrogen) atoms. The molecule has 0 atom stereocenters. The molecule has 5 nitrogen and oxygen atoms in total. The summed E-state index contributed by atoms with van der Waals surface area (Å²) in [4.78, 5) is 21.4. The molecule has 1 aromatic carbocycles. The first-order valence-corrected chi connectivity index (χ1v) is 7.89. The Bertz CT molecular complexity index is 848. The van der Waals surface area contributed by atoms with Crippen molar-refractivity contribution in [2.75, 3.05) is 5.48 Å². The maximum Gasteiger partial charge on any atom is 0.337 e. The highest BCUT2D eigenvalue weighted by Gasteiger charge is 2.23. The fraction of sp³-hybridized carbons (Fsp3) is 0.263. The monoisotopic (exact) mass is 323 g/mol. The molecule has 0 radical (unpaired) electrons. The molecule has 0 aliphatic heterocycles. The molecule has 3 aromatic rings. The van der Waals surface area contributed by atoms with Gasteiger partial charge in [0.1, 0.15) is 0 Å². The minimum atomic E-state index is -0.545. The highest BCUT2D eigenvalue weighted by Crippen LogP contribution is 2.22. The Labute approximate surface area is 141 Å². The lowest BCUT2D eigenvalue weighted by molar-refractivity contribution is -0.149. The second kappa shape index (κ2) is 6.35. The minimum absolute atomic E-state index is 0.300. The van der Waals surface area contributed by atoms with Crippen molar-refractivity contribution < 1.29 is 9.63 Å². The molecule has 0 saturated heterocycles. The number of carbonyl (C=O) groups excluding carboxylic acids is 1. The molecule has 5 heteroatoms. The number of carbonyl (C=O) groups is 1. The van der Waals surface area contributed by atoms with E-state index in [4.69, 9.17) is 4.84 Å². The van der Waals surface area contributed by atoms with E-state index in [1.54, 1.807) is 6.20 Å². The molecule has 1 N–H and O–H groups in total. The van der Waals surface area contributed by atoms with Crippen LogP contribution in [0.1, 0.15) is 26.5 Å². The number of hydrogen-bond acceptors (Lipinski definition) is 4. The maximum absolute atomic E-state index is 11.9. The summed E-state index contributed by atoms with van der Waals surface area (Å²) in [6.07, 6.45) is 3.82. The van der Waals surface area contributed by atoms with Crippen LogP contribution >= 0.6 is 0 Å². The molecule has 0 fully saturated rings. The zero-order valence-corrected chi connectivity index (χ0v) is 14.1. The SMILES string of the molecule is CC(C)(C)C(=O)ONc1ccc2ccn(Cc3ccccn3)c2c1. The Morgan fingerprint density at radius 3 is 2.75 bits per heavy atom. The number of nitrogens with one attached hydrogen (secondary N) is 1. The van der Waals surface area contributed by atoms with Crippen molar-refractivity contribution in [3.8, 4) is 0 Å². The molecular weight excluding hydrogens is 302 g/mol. The molecule has 2 heterocycles. The van der Waals surface area contributed by atoms with E-state index in [1.807, 2.05) is 63.4 Å². The third kappa shape index (κ3) is 3.56. The number of benzene rings is 1. The van der Waals surface area contributed by atoms with Gasteiger partial charge in [0.2, 0.25) is 0 Å². The standard InChI is InChI=1S/C19H21N3O2/c1-19(2,3)18(23)24-21-15-8-7-14-9-11-22(17(14)12-15)13-16-6-4-5-10-20-16/h4-12,21H,13H2,1-3H3. The summed E-state index contributed by atoms with van der Waals surface area (Å²) >= 11 is 0. The van der Waals surface area contributed by atoms with Crippen LogP contribution in [0.2, 0.25) is 0 Å². The number of anilines is 1. The topological polar surface area (TPSA) is 56.1 Å². The summed E-state index contributed by atoms with van der Waals surface area (Å²) < 4.78 is 2.12. The van der Waals surface area contributed by atoms with Gasteiger partial charge in [0, 0.05) is 12.4 Å². The fourth-order valence-electron chi connectivity index (χ4n) is 2.31. The third-order valence-corrected chi connectivity index (χ3v) is 3.71. The summed E-state index contributed by atoms with van der Waals surface area (Å²) in [5, 5.41) is 1.12. The van der Waals surface area contributed by atoms with E-state index in [9.17, 15) is 4.79 Å². The lowest BCUT2D eigenvalue weighted by Gasteiger charge is -2.16. The smallest absolute Gasteiger partial charge is 0.337 e. The molecule has 124 valence electrons. The van der Waals surface area contributed by atoms with Gasteiger partial charge in [0.15, 0.2) is 0 Å². The van der Waals surface area contributed by atoms with Gasteiger partial charge in [-0.3, -0.25) is 4.98 Å². The van der Waals surface area contributed by atoms with Gasteiger partial charge in [0.25, 0.3) is 0 Å². The number of fused-ring (bicyclic) bond motifs is 1. The highest BCUT2D eigenvalue weighted by molar-refractivity contribution is 5.84. The largest absolute Gasteiger partial charge is 0.343 e. The first-order valence-electron chi connectivity index (χ1n) is 7.89. The summed E-state index contributed by atoms with van der Waals surface area (Å²) in [6.45, 7) is 6.14. The molecule has 0 spiro atoms. The van der Waals surface area contributed by atoms with Crippen LogP contribution in [-0.4, -0.2) is 15.5 Å². The van der Waals surface area contributed by atoms with E-state index < -0.39 is 5.41 Å². The average molecular weight is 323 g/mol. The lowest BCUT2D eigenvalue weighted by atomic mass is 9.98. The van der Waals surface area contributed by atoms with E-state index in [0.717, 1.165) is 22.3 Å². The third-order valence-electron chi connectivity index (χ3n) is 3.71. The van der Waals surface area contributed by atoms with Crippen LogP contribution in [0.15, 0.2) is 54.9 Å². The van der Waals surface area contributed by atoms with Gasteiger partial charge in [-0.05, 0) is 56.5 Å². The predicted molar refractivity (Wildman–Crippen MR) is 94.4 cm³/mol. The van der Waals surface area contributed by atoms with Gasteiger partial charge in [-0.1, -0.05) is 12.1 Å². The highest BCUT2D eigenvalue weighted by atomic mass is 16.7. The molecule has 2 aromatic heterocycles. The van der Waals surface area contributed by atoms with E-state index in [-0.39, 0.29) is 5.97 Å². The summed E-state index contributed by atoms with van der Waals surface area (Å²) in [7, 11) is 0. The van der Waals surface area contributed by atoms with Gasteiger partial charge < -0.3 is 9.40 Å². The van der Waals surface area contributed by atoms with Gasteiger partial charge in [0.05, 0.1) is 28.9 Å². The van der Waals surface area contributed by atoms with Crippen LogP contribution in [-0.2, 0) is 16.2 Å². The Kier molecular flexibility index (Phi) is 4.25. The Balaban J connectivity index is 1.80. The minimum Gasteiger partial charge on any atom is -0.343 e. The molecule has 0 bridgehead atoms. The second-order valence-electron chi connectivity index (χ2n) is 6.78. The van der Waals surface area contributed by atoms with Crippen molar-refractivity contribution in [3.05, 3.63) is 60.6 Å². The Hall–Kier alpha value is -2.82. The molecule has 0 saturated carbocycles. The normalized spacial score (nSPS) is 11.5. The van der Waals surface area contributed by atoms with E-state index >= 15 is 0 Å². The quantitative estimate of drug-likeness (QED) is 0.737. The molecule has 0 unspecified atom stereocenters. The molecular formula is C19H21N3O2. The van der Waals surface area contributed by atoms with Crippen molar-refractivity contribution >= 4 is 22.6 Å². The summed E-state index contributed by atoms with van der Waals surface area (Å²) in [5.41, 5.74) is 4.98. The van der Waals surface area contributed by atoms with Crippen LogP contribution in [0.25, 0.3) is 10.9 Å². The number of nitrogens with zero attached hydrogens (tertiary/aromatic N) is 2. The van der Waals surface area contributed by atoms with E-state index in [0.29, 0.717) is 6.54 Å². The number of rotatable bonds is 4. The molecule has 3 rings (SSSR count). The molecule has 0 aliphatic rings. The van der Waals surface area contributed by atoms with Crippen molar-refractivity contribution in [3.63, 3.8) is 0 Å². The first kappa shape index (κ1) is 16.1. The maximum atomic E-state index is 11.9. The summed E-state index contributed by atoms with van der Waals surface area (Å²) in [6, 6.07) is 13.8. The van der Waals surface area contributed by atoms with Crippen molar-refractivity contribution in [2.24, 2.45) is 5.41 Å². The predicted octanol–water partition coefficient (Wildman–Crippen LogP) is 4.00. The van der Waals surface area contributed by atoms with Crippen LogP contribution < -0.4 is 5.48 Å². The fourth-order valence-corrected chi connectivity index (χ4v) is 2.31. The van der Waals surface area contributed by atoms with Gasteiger partial charge >= 0.3 is 5.97 Å². The Morgan fingerprint density at radius 1 is 1.21 bits per heavy atom. The summed E-state index contributed by atoms with van der Waals surface area (Å²) in [5.74, 6) is -0.300. The first-order chi connectivity index (χ1) is 11.4. The van der Waals surface area contributed by atoms with Gasteiger partial charge in [-0.15, -0.1) is 0 Å². The van der Waals surface area contributed by atoms with Crippen molar-refractivity contribution in [1.29, 1.82) is 0 Å². The lowest BCUT2D eigenvalue weighted by Crippen LogP contribution is -2.25. The zero-order chi connectivity index (χ0) is 17.2. The van der Waals surface area contributed by atoms with E-state index in [2.05, 4.69) is 21.1 Å². The second-order valence-corrected chi connectivity index (χ2v) is 6.78. The average Bonchev–Trinajstić information content (AvgIpc) is 2.95. The Morgan fingerprint density at radius 2 is 2.04 bits per heavy atom. The van der Waals surface area contributed by atoms with Crippen LogP contribution in [0.4, 0.5) is 5.69 Å². The molecule has 0 aliphatic carbocycles.